The summed E-state index contributed by atoms with van der Waals surface area (Å²) in [5.74, 6) is -2.29. The van der Waals surface area contributed by atoms with Gasteiger partial charge in [-0.05, 0) is 0 Å². The van der Waals surface area contributed by atoms with Gasteiger partial charge in [0.25, 0.3) is 0 Å². The number of hydrogen-bond donors (Lipinski definition) is 10. The van der Waals surface area contributed by atoms with Gasteiger partial charge >= 0.3 is 99.6 Å². The molecule has 10 N–H and O–H groups in total. The van der Waals surface area contributed by atoms with Crippen LogP contribution in [0, 0.1) is 0 Å². The van der Waals surface area contributed by atoms with Crippen LogP contribution < -0.4 is 0 Å². The van der Waals surface area contributed by atoms with Crippen LogP contribution in [-0.2, 0) is 193 Å². The Morgan fingerprint density at radius 1 is 0.295 bits per heavy atom. The zero-order valence-electron chi connectivity index (χ0n) is 42.9. The van der Waals surface area contributed by atoms with Crippen LogP contribution in [0.15, 0.2) is 0 Å². The fraction of sp³-hybridized carbons (Fsp3) is 0.966. The molecule has 5 rings (SSSR count). The van der Waals surface area contributed by atoms with Crippen LogP contribution in [0.25, 0.3) is 0 Å². The molecule has 5 aliphatic heterocycles. The molecule has 50 nitrogen and oxygen atoms in total. The van der Waals surface area contributed by atoms with Crippen molar-refractivity contribution in [2.24, 2.45) is 0 Å². The van der Waals surface area contributed by atoms with Crippen molar-refractivity contribution < 1.29 is 221 Å². The van der Waals surface area contributed by atoms with E-state index in [1.54, 1.807) is 0 Å². The molecule has 21 atom stereocenters. The van der Waals surface area contributed by atoms with Crippen molar-refractivity contribution in [3.63, 3.8) is 0 Å². The molecule has 0 radical (unpaired) electrons. The van der Waals surface area contributed by atoms with E-state index in [-0.39, 0.29) is 0 Å². The van der Waals surface area contributed by atoms with Crippen molar-refractivity contribution in [2.75, 3.05) is 47.8 Å². The molecule has 88 heavy (non-hydrogen) atoms. The first-order valence-electron chi connectivity index (χ1n) is 22.3. The molecule has 5 aliphatic rings. The zero-order valence-corrected chi connectivity index (χ0v) is 50.3. The molecular weight excluding hydrogens is 1440 g/mol. The summed E-state index contributed by atoms with van der Waals surface area (Å²) in [6.07, 6.45) is -58.8. The van der Waals surface area contributed by atoms with Crippen molar-refractivity contribution in [1.29, 1.82) is 0 Å². The fourth-order valence-corrected chi connectivity index (χ4v) is 13.0. The third-order valence-electron chi connectivity index (χ3n) is 11.4. The minimum Gasteiger partial charge on any atom is -0.479 e. The first-order valence-corrected chi connectivity index (χ1v) is 34.6. The Morgan fingerprint density at radius 2 is 0.545 bits per heavy atom. The molecule has 59 heteroatoms. The highest BCUT2D eigenvalue weighted by molar-refractivity contribution is 7.82. The Balaban J connectivity index is 1.72. The van der Waals surface area contributed by atoms with Gasteiger partial charge in [-0.2, -0.15) is 75.8 Å². The molecule has 0 aromatic carbocycles. The fourth-order valence-electron chi connectivity index (χ4n) is 8.52. The van der Waals surface area contributed by atoms with Gasteiger partial charge < -0.3 is 61.9 Å². The standard InChI is InChI=1S/C29H48O50S9/c1-59-8-4-63-27(21(77-86(50,51)52)12(8)71-80(32,33)34)68-11-7-65-28(22(78-87(53,54)55)15(11)74-83(41,42)43)67-9-6-64-26(66-10-5-62-25(61-3)20(76-85(47,48)49)14(10)73-82(38,39)40)19(13(9)72-81(35,36)37)70-29-23(79-88(56,57)58)17(75-84(44,45)46)16(60-2)18(69-29)24(30)31/h8-23,25-29H,4-7H2,1-3H3,(H,30,31)(H,32,33,34)(H,35,36,37)(H,38,39,40)(H,41,42,43)(H,44,45,46)(H,47,48,49)(H,50,51,52)(H,53,54,55)(H,56,57,58)/t8-,9-,10+,11-,12+,13-,14+,15+,16-,17-,18+,19+,20-,21-,22-,23+,25-,26+,27+,28-,29+/m1/s1. The number of carbonyl (C=O) groups is 1. The lowest BCUT2D eigenvalue weighted by Crippen LogP contribution is -2.67. The van der Waals surface area contributed by atoms with E-state index in [2.05, 4.69) is 33.5 Å². The molecule has 518 valence electrons. The Kier molecular flexibility index (Phi) is 25.4. The van der Waals surface area contributed by atoms with Crippen molar-refractivity contribution in [2.45, 2.75) is 129 Å². The number of hydrogen-bond acceptors (Lipinski definition) is 40. The van der Waals surface area contributed by atoms with Crippen LogP contribution in [0.4, 0.5) is 0 Å². The summed E-state index contributed by atoms with van der Waals surface area (Å²) in [5, 5.41) is 10.1. The number of carboxylic acids is 1. The molecule has 0 aromatic rings. The second kappa shape index (κ2) is 29.2. The summed E-state index contributed by atoms with van der Waals surface area (Å²) in [6.45, 7) is -5.47. The smallest absolute Gasteiger partial charge is 0.397 e. The highest BCUT2D eigenvalue weighted by atomic mass is 32.3. The van der Waals surface area contributed by atoms with Gasteiger partial charge in [0, 0.05) is 21.3 Å². The summed E-state index contributed by atoms with van der Waals surface area (Å²) < 4.78 is 412. The van der Waals surface area contributed by atoms with E-state index in [1.807, 2.05) is 0 Å². The topological polar surface area (TPSA) is 720 Å². The second-order valence-electron chi connectivity index (χ2n) is 17.3. The van der Waals surface area contributed by atoms with Gasteiger partial charge in [-0.15, -0.1) is 0 Å². The summed E-state index contributed by atoms with van der Waals surface area (Å²) in [4.78, 5) is 12.6. The van der Waals surface area contributed by atoms with E-state index in [0.717, 1.165) is 14.2 Å². The van der Waals surface area contributed by atoms with Crippen LogP contribution >= 0.6 is 0 Å². The predicted molar refractivity (Wildman–Crippen MR) is 251 cm³/mol. The van der Waals surface area contributed by atoms with E-state index < -0.39 is 255 Å². The normalized spacial score (nSPS) is 36.4. The number of ether oxygens (including phenoxy) is 12. The van der Waals surface area contributed by atoms with Crippen molar-refractivity contribution in [3.8, 4) is 0 Å². The predicted octanol–water partition coefficient (Wildman–Crippen LogP) is -8.87. The molecule has 0 spiro atoms. The third kappa shape index (κ3) is 23.4. The Hall–Kier alpha value is -2.18. The molecule has 0 aliphatic carbocycles. The Labute approximate surface area is 495 Å². The van der Waals surface area contributed by atoms with E-state index in [0.29, 0.717) is 7.11 Å². The first kappa shape index (κ1) is 76.5. The van der Waals surface area contributed by atoms with E-state index >= 15 is 0 Å². The molecule has 5 saturated heterocycles. The lowest BCUT2D eigenvalue weighted by molar-refractivity contribution is -0.375. The maximum Gasteiger partial charge on any atom is 0.397 e. The minimum atomic E-state index is -6.31. The lowest BCUT2D eigenvalue weighted by atomic mass is 9.98. The van der Waals surface area contributed by atoms with Crippen molar-refractivity contribution in [3.05, 3.63) is 0 Å². The molecule has 5 heterocycles. The summed E-state index contributed by atoms with van der Waals surface area (Å²) in [5.41, 5.74) is 0. The van der Waals surface area contributed by atoms with Gasteiger partial charge in [-0.1, -0.05) is 0 Å². The molecule has 0 bridgehead atoms. The molecule has 5 fully saturated rings. The quantitative estimate of drug-likeness (QED) is 0.0299. The monoisotopic (exact) mass is 1480 g/mol. The van der Waals surface area contributed by atoms with Crippen LogP contribution in [0.5, 0.6) is 0 Å². The highest BCUT2D eigenvalue weighted by Crippen LogP contribution is 2.39. The molecule has 0 saturated carbocycles. The van der Waals surface area contributed by atoms with Crippen LogP contribution in [0.2, 0.25) is 0 Å². The van der Waals surface area contributed by atoms with Gasteiger partial charge in [0.15, 0.2) is 62.0 Å². The highest BCUT2D eigenvalue weighted by Gasteiger charge is 2.60. The van der Waals surface area contributed by atoms with Gasteiger partial charge in [-0.3, -0.25) is 41.0 Å². The van der Waals surface area contributed by atoms with Gasteiger partial charge in [-0.25, -0.2) is 42.4 Å². The Bertz CT molecular complexity index is 3470. The molecule has 0 amide bonds. The van der Waals surface area contributed by atoms with E-state index in [9.17, 15) is 127 Å². The van der Waals surface area contributed by atoms with Crippen LogP contribution in [0.3, 0.4) is 0 Å². The number of rotatable bonds is 30. The van der Waals surface area contributed by atoms with Crippen molar-refractivity contribution >= 4 is 99.6 Å². The lowest BCUT2D eigenvalue weighted by Gasteiger charge is -2.48. The summed E-state index contributed by atoms with van der Waals surface area (Å²) >= 11 is 0. The van der Waals surface area contributed by atoms with E-state index in [1.165, 1.54) is 0 Å². The third-order valence-corrected chi connectivity index (χ3v) is 15.6. The van der Waals surface area contributed by atoms with Gasteiger partial charge in [0.2, 0.25) is 0 Å². The number of carboxylic acid groups (broad SMARTS) is 1. The SMILES string of the molecule is CO[C@@H]1OC[C@H](O[C@@H]2OC[C@@H](O[C@H]3OC[C@@H](O[C@@H]4OC[C@@H](OC)[C@H](OS(=O)(=O)O)[C@H]4OS(=O)(=O)O)[C@H](OS(=O)(=O)O)[C@H]3OS(=O)(=O)O)[C@@H](OS(=O)(=O)O)[C@@H]2O[C@@H]2O[C@H](C(=O)O)[C@H](OC)[C@@H](OS(=O)(=O)O)[C@@H]2OS(=O)(=O)O)[C@H](OS(=O)(=O)O)[C@H]1OS(=O)(=O)O. The second-order valence-corrected chi connectivity index (χ2v) is 26.7. The van der Waals surface area contributed by atoms with Gasteiger partial charge in [0.05, 0.1) is 26.4 Å². The average molecular weight is 1490 g/mol. The van der Waals surface area contributed by atoms with Crippen LogP contribution in [-0.4, -0.2) is 305 Å². The summed E-state index contributed by atoms with van der Waals surface area (Å²) in [6, 6.07) is 0. The number of methoxy groups -OCH3 is 3. The van der Waals surface area contributed by atoms with Crippen molar-refractivity contribution in [1.82, 2.24) is 0 Å². The maximum atomic E-state index is 12.8. The van der Waals surface area contributed by atoms with Crippen LogP contribution in [0.1, 0.15) is 0 Å². The largest absolute Gasteiger partial charge is 0.479 e. The zero-order chi connectivity index (χ0) is 66.9. The van der Waals surface area contributed by atoms with Gasteiger partial charge in [0.1, 0.15) is 67.1 Å². The minimum absolute atomic E-state index is 0.553. The first-order chi connectivity index (χ1) is 39.9. The average Bonchev–Trinajstić information content (AvgIpc) is 0.792. The molecular formula is C29H48O50S9. The Morgan fingerprint density at radius 3 is 0.841 bits per heavy atom. The maximum absolute atomic E-state index is 12.8. The number of aliphatic carboxylic acids is 1. The molecule has 0 aromatic heterocycles. The molecule has 0 unspecified atom stereocenters. The summed E-state index contributed by atoms with van der Waals surface area (Å²) in [7, 11) is -52.1. The van der Waals surface area contributed by atoms with E-state index in [4.69, 9.17) is 61.0 Å².